The lowest BCUT2D eigenvalue weighted by atomic mass is 10.5. The Morgan fingerprint density at radius 2 is 1.38 bits per heavy atom. The molecule has 94 valence electrons. The Morgan fingerprint density at radius 1 is 1.00 bits per heavy atom. The van der Waals surface area contributed by atoms with Gasteiger partial charge in [0.2, 0.25) is 0 Å². The minimum Gasteiger partial charge on any atom is -0.290 e. The molecule has 0 unspecified atom stereocenters. The maximum atomic E-state index is 12.2. The highest BCUT2D eigenvalue weighted by molar-refractivity contribution is 7.86. The molecule has 0 amide bonds. The predicted molar refractivity (Wildman–Crippen MR) is 55.1 cm³/mol. The fourth-order valence-electron chi connectivity index (χ4n) is 0.875. The normalized spacial score (nSPS) is 12.6. The highest BCUT2D eigenvalue weighted by Crippen LogP contribution is 1.97. The van der Waals surface area contributed by atoms with Gasteiger partial charge in [0.15, 0.2) is 0 Å². The molecule has 0 bridgehead atoms. The van der Waals surface area contributed by atoms with Crippen molar-refractivity contribution in [1.82, 2.24) is 4.90 Å². The summed E-state index contributed by atoms with van der Waals surface area (Å²) in [5.41, 5.74) is 0. The number of terminal acetylenes is 1. The van der Waals surface area contributed by atoms with Crippen molar-refractivity contribution in [2.75, 3.05) is 31.1 Å². The lowest BCUT2D eigenvalue weighted by molar-refractivity contribution is 0.340. The minimum absolute atomic E-state index is 0.0783. The fourth-order valence-corrected chi connectivity index (χ4v) is 1.83. The Kier molecular flexibility index (Phi) is 5.85. The summed E-state index contributed by atoms with van der Waals surface area (Å²) in [5, 5.41) is 0. The molecule has 0 aromatic rings. The van der Waals surface area contributed by atoms with Crippen LogP contribution in [0.2, 0.25) is 0 Å². The molecule has 0 spiro atoms. The van der Waals surface area contributed by atoms with Gasteiger partial charge >= 0.3 is 20.4 Å². The van der Waals surface area contributed by atoms with Gasteiger partial charge in [-0.2, -0.15) is 16.8 Å². The first kappa shape index (κ1) is 15.3. The molecular weight excluding hydrogens is 264 g/mol. The molecule has 16 heavy (non-hydrogen) atoms. The van der Waals surface area contributed by atoms with Gasteiger partial charge in [0.1, 0.15) is 0 Å². The van der Waals surface area contributed by atoms with Gasteiger partial charge in [0.25, 0.3) is 0 Å². The van der Waals surface area contributed by atoms with Gasteiger partial charge in [-0.15, -0.1) is 14.2 Å². The fraction of sp³-hybridized carbons (Fsp3) is 0.714. The van der Waals surface area contributed by atoms with Crippen molar-refractivity contribution in [3.63, 3.8) is 0 Å². The van der Waals surface area contributed by atoms with Gasteiger partial charge in [-0.25, -0.2) is 0 Å². The summed E-state index contributed by atoms with van der Waals surface area (Å²) in [4.78, 5) is 1.16. The second-order valence-corrected chi connectivity index (χ2v) is 5.94. The third-order valence-corrected chi connectivity index (χ3v) is 2.96. The molecule has 0 saturated heterocycles. The monoisotopic (exact) mass is 275 g/mol. The van der Waals surface area contributed by atoms with Crippen LogP contribution in [0.5, 0.6) is 0 Å². The molecule has 0 saturated carbocycles. The van der Waals surface area contributed by atoms with E-state index in [9.17, 15) is 24.6 Å². The number of halogens is 2. The summed E-state index contributed by atoms with van der Waals surface area (Å²) in [6, 6.07) is 0. The van der Waals surface area contributed by atoms with E-state index in [1.807, 2.05) is 0 Å². The second-order valence-electron chi connectivity index (χ2n) is 2.97. The van der Waals surface area contributed by atoms with Gasteiger partial charge in [-0.1, -0.05) is 5.92 Å². The molecular formula is C7H11F2NO4S2. The summed E-state index contributed by atoms with van der Waals surface area (Å²) < 4.78 is 65.1. The smallest absolute Gasteiger partial charge is 0.290 e. The molecule has 0 rings (SSSR count). The van der Waals surface area contributed by atoms with Crippen LogP contribution in [0.15, 0.2) is 0 Å². The molecule has 9 heteroatoms. The van der Waals surface area contributed by atoms with Crippen LogP contribution in [0, 0.1) is 12.3 Å². The number of nitrogens with zero attached hydrogens (tertiary/aromatic N) is 1. The number of hydrogen-bond acceptors (Lipinski definition) is 5. The quantitative estimate of drug-likeness (QED) is 0.463. The summed E-state index contributed by atoms with van der Waals surface area (Å²) in [5.74, 6) is 0.523. The summed E-state index contributed by atoms with van der Waals surface area (Å²) in [6.07, 6.45) is 4.93. The van der Waals surface area contributed by atoms with E-state index in [4.69, 9.17) is 6.42 Å². The van der Waals surface area contributed by atoms with Crippen LogP contribution in [-0.4, -0.2) is 52.9 Å². The molecule has 0 aromatic carbocycles. The predicted octanol–water partition coefficient (Wildman–Crippen LogP) is -0.480. The van der Waals surface area contributed by atoms with Crippen molar-refractivity contribution in [3.05, 3.63) is 0 Å². The van der Waals surface area contributed by atoms with Gasteiger partial charge < -0.3 is 0 Å². The Bertz CT molecular complexity index is 415. The lowest BCUT2D eigenvalue weighted by Gasteiger charge is -2.17. The Morgan fingerprint density at radius 3 is 1.62 bits per heavy atom. The first-order chi connectivity index (χ1) is 7.14. The van der Waals surface area contributed by atoms with Gasteiger partial charge in [-0.05, 0) is 0 Å². The van der Waals surface area contributed by atoms with E-state index in [-0.39, 0.29) is 19.6 Å². The lowest BCUT2D eigenvalue weighted by Crippen LogP contribution is -2.32. The van der Waals surface area contributed by atoms with E-state index in [0.717, 1.165) is 4.90 Å². The maximum absolute atomic E-state index is 12.2. The molecule has 0 aromatic heterocycles. The van der Waals surface area contributed by atoms with Crippen molar-refractivity contribution in [2.24, 2.45) is 0 Å². The molecule has 0 heterocycles. The zero-order chi connectivity index (χ0) is 12.8. The Hall–Kier alpha value is -0.720. The van der Waals surface area contributed by atoms with Crippen LogP contribution in [0.1, 0.15) is 0 Å². The van der Waals surface area contributed by atoms with E-state index in [1.165, 1.54) is 0 Å². The minimum atomic E-state index is -4.64. The topological polar surface area (TPSA) is 71.5 Å². The van der Waals surface area contributed by atoms with Crippen LogP contribution in [0.4, 0.5) is 7.77 Å². The third kappa shape index (κ3) is 9.82. The largest absolute Gasteiger partial charge is 0.303 e. The highest BCUT2D eigenvalue weighted by atomic mass is 32.3. The summed E-state index contributed by atoms with van der Waals surface area (Å²) >= 11 is 0. The molecule has 0 aliphatic heterocycles. The molecule has 0 fully saturated rings. The van der Waals surface area contributed by atoms with Gasteiger partial charge in [0, 0.05) is 13.1 Å². The van der Waals surface area contributed by atoms with Crippen molar-refractivity contribution < 1.29 is 24.6 Å². The Labute approximate surface area is 93.9 Å². The maximum Gasteiger partial charge on any atom is 0.303 e. The second kappa shape index (κ2) is 6.12. The zero-order valence-corrected chi connectivity index (χ0v) is 9.90. The molecule has 0 radical (unpaired) electrons. The van der Waals surface area contributed by atoms with E-state index >= 15 is 0 Å². The van der Waals surface area contributed by atoms with E-state index < -0.39 is 32.0 Å². The molecule has 0 atom stereocenters. The number of hydrogen-bond donors (Lipinski definition) is 0. The average molecular weight is 275 g/mol. The van der Waals surface area contributed by atoms with E-state index in [1.54, 1.807) is 0 Å². The molecule has 0 N–H and O–H groups in total. The van der Waals surface area contributed by atoms with E-state index in [2.05, 4.69) is 5.92 Å². The standard InChI is InChI=1S/C7H11F2NO4S2/c1-2-3-10(4-6-15(8,11)12)5-7-16(9,13)14/h1H,3-7H2. The SMILES string of the molecule is C#CCN(CCS(=O)(=O)F)CCS(=O)(=O)F. The van der Waals surface area contributed by atoms with Crippen LogP contribution in [0.3, 0.4) is 0 Å². The Balaban J connectivity index is 4.25. The van der Waals surface area contributed by atoms with Crippen LogP contribution < -0.4 is 0 Å². The van der Waals surface area contributed by atoms with Crippen molar-refractivity contribution in [3.8, 4) is 12.3 Å². The first-order valence-electron chi connectivity index (χ1n) is 4.14. The summed E-state index contributed by atoms with van der Waals surface area (Å²) in [6.45, 7) is -0.637. The zero-order valence-electron chi connectivity index (χ0n) is 8.27. The molecule has 0 aliphatic rings. The number of rotatable bonds is 7. The van der Waals surface area contributed by atoms with Crippen LogP contribution >= 0.6 is 0 Å². The molecule has 0 aliphatic carbocycles. The van der Waals surface area contributed by atoms with Gasteiger partial charge in [-0.3, -0.25) is 4.90 Å². The third-order valence-electron chi connectivity index (χ3n) is 1.62. The summed E-state index contributed by atoms with van der Waals surface area (Å²) in [7, 11) is -9.29. The van der Waals surface area contributed by atoms with Crippen molar-refractivity contribution >= 4 is 20.4 Å². The van der Waals surface area contributed by atoms with E-state index in [0.29, 0.717) is 0 Å². The van der Waals surface area contributed by atoms with Crippen LogP contribution in [0.25, 0.3) is 0 Å². The highest BCUT2D eigenvalue weighted by Gasteiger charge is 2.14. The average Bonchev–Trinajstić information content (AvgIpc) is 2.07. The van der Waals surface area contributed by atoms with Crippen molar-refractivity contribution in [1.29, 1.82) is 0 Å². The molecule has 5 nitrogen and oxygen atoms in total. The first-order valence-corrected chi connectivity index (χ1v) is 7.25. The van der Waals surface area contributed by atoms with Gasteiger partial charge in [0.05, 0.1) is 18.1 Å². The van der Waals surface area contributed by atoms with Crippen molar-refractivity contribution in [2.45, 2.75) is 0 Å². The van der Waals surface area contributed by atoms with Crippen LogP contribution in [-0.2, 0) is 20.4 Å².